The van der Waals surface area contributed by atoms with E-state index in [1.165, 1.54) is 5.56 Å². The lowest BCUT2D eigenvalue weighted by Gasteiger charge is -2.49. The van der Waals surface area contributed by atoms with E-state index in [9.17, 15) is 9.90 Å². The van der Waals surface area contributed by atoms with Gasteiger partial charge in [0.1, 0.15) is 0 Å². The Bertz CT molecular complexity index is 1300. The first-order valence-corrected chi connectivity index (χ1v) is 13.0. The third kappa shape index (κ3) is 3.91. The van der Waals surface area contributed by atoms with Crippen LogP contribution < -0.4 is 15.1 Å². The second kappa shape index (κ2) is 8.90. The Morgan fingerprint density at radius 2 is 1.70 bits per heavy atom. The summed E-state index contributed by atoms with van der Waals surface area (Å²) in [7, 11) is 6.14. The first-order valence-electron chi connectivity index (χ1n) is 13.0. The average molecular weight is 499 g/mol. The molecule has 1 atom stereocenters. The van der Waals surface area contributed by atoms with Crippen molar-refractivity contribution in [2.24, 2.45) is 0 Å². The smallest absolute Gasteiger partial charge is 0.231 e. The van der Waals surface area contributed by atoms with E-state index in [-0.39, 0.29) is 17.0 Å². The van der Waals surface area contributed by atoms with Crippen molar-refractivity contribution in [2.45, 2.75) is 49.5 Å². The minimum absolute atomic E-state index is 0.00269. The maximum atomic E-state index is 12.2. The third-order valence-corrected chi connectivity index (χ3v) is 8.83. The molecule has 3 aliphatic rings. The number of fused-ring (bicyclic) bond motifs is 1. The van der Waals surface area contributed by atoms with Crippen LogP contribution in [-0.2, 0) is 16.8 Å². The van der Waals surface area contributed by atoms with Crippen LogP contribution in [0.25, 0.3) is 11.4 Å². The van der Waals surface area contributed by atoms with Crippen LogP contribution in [0, 0.1) is 0 Å². The minimum Gasteiger partial charge on any atom is -0.361 e. The molecule has 0 bridgehead atoms. The largest absolute Gasteiger partial charge is 0.361 e. The van der Waals surface area contributed by atoms with Crippen LogP contribution in [-0.4, -0.2) is 65.5 Å². The van der Waals surface area contributed by atoms with Crippen LogP contribution >= 0.6 is 0 Å². The van der Waals surface area contributed by atoms with Crippen LogP contribution in [0.2, 0.25) is 0 Å². The predicted octanol–water partition coefficient (Wildman–Crippen LogP) is 3.12. The highest BCUT2D eigenvalue weighted by Crippen LogP contribution is 2.46. The van der Waals surface area contributed by atoms with Crippen LogP contribution in [0.5, 0.6) is 0 Å². The number of hydrogen-bond donors (Lipinski definition) is 2. The number of nitrogens with zero attached hydrogens (tertiary/aromatic N) is 5. The Balaban J connectivity index is 1.20. The summed E-state index contributed by atoms with van der Waals surface area (Å²) >= 11 is 0. The molecule has 6 rings (SSSR count). The molecule has 3 heterocycles. The molecular formula is C29H34N6O2. The van der Waals surface area contributed by atoms with Crippen LogP contribution in [0.4, 0.5) is 11.4 Å². The molecule has 2 fully saturated rings. The fourth-order valence-corrected chi connectivity index (χ4v) is 6.53. The summed E-state index contributed by atoms with van der Waals surface area (Å²) in [5.74, 6) is 0.671. The zero-order valence-electron chi connectivity index (χ0n) is 21.7. The standard InChI is InChI=1S/C29H34N6O2/c1-33(2)29(20-8-5-4-6-9-20)14-12-28(13-15-29)19-35(27(37)32-28)21-17-30-26(31-18-21)22-10-7-11-24-23(22)16-25(36)34(24)3/h4-11,17-18,27,32,37H,12-16,19H2,1-3H3/t27?,28-,29+. The number of benzene rings is 2. The zero-order valence-corrected chi connectivity index (χ0v) is 21.7. The number of likely N-dealkylation sites (N-methyl/N-ethyl adjacent to an activating group) is 1. The maximum Gasteiger partial charge on any atom is 0.231 e. The Morgan fingerprint density at radius 3 is 2.38 bits per heavy atom. The van der Waals surface area contributed by atoms with E-state index in [4.69, 9.17) is 0 Å². The number of aliphatic hydroxyl groups is 1. The summed E-state index contributed by atoms with van der Waals surface area (Å²) in [5, 5.41) is 14.5. The minimum atomic E-state index is -0.787. The average Bonchev–Trinajstić information content (AvgIpc) is 3.40. The highest BCUT2D eigenvalue weighted by molar-refractivity contribution is 6.03. The van der Waals surface area contributed by atoms with Gasteiger partial charge in [0.2, 0.25) is 5.91 Å². The number of carbonyl (C=O) groups is 1. The Hall–Kier alpha value is -3.33. The molecule has 2 aliphatic heterocycles. The monoisotopic (exact) mass is 498 g/mol. The number of carbonyl (C=O) groups excluding carboxylic acids is 1. The van der Waals surface area contributed by atoms with Gasteiger partial charge >= 0.3 is 0 Å². The number of hydrogen-bond acceptors (Lipinski definition) is 7. The normalized spacial score (nSPS) is 27.4. The lowest BCUT2D eigenvalue weighted by Crippen LogP contribution is -2.54. The lowest BCUT2D eigenvalue weighted by molar-refractivity contribution is -0.117. The van der Waals surface area contributed by atoms with Crippen LogP contribution in [0.15, 0.2) is 60.9 Å². The zero-order chi connectivity index (χ0) is 25.8. The molecule has 1 aliphatic carbocycles. The van der Waals surface area contributed by atoms with Crippen molar-refractivity contribution >= 4 is 17.3 Å². The predicted molar refractivity (Wildman–Crippen MR) is 144 cm³/mol. The van der Waals surface area contributed by atoms with Crippen LogP contribution in [0.3, 0.4) is 0 Å². The Labute approximate surface area is 217 Å². The highest BCUT2D eigenvalue weighted by Gasteiger charge is 2.50. The van der Waals surface area contributed by atoms with Gasteiger partial charge in [0.15, 0.2) is 12.2 Å². The quantitative estimate of drug-likeness (QED) is 0.572. The molecule has 1 aromatic heterocycles. The van der Waals surface area contributed by atoms with Gasteiger partial charge in [-0.15, -0.1) is 0 Å². The summed E-state index contributed by atoms with van der Waals surface area (Å²) in [5.41, 5.74) is 4.75. The lowest BCUT2D eigenvalue weighted by atomic mass is 9.69. The van der Waals surface area contributed by atoms with E-state index >= 15 is 0 Å². The molecule has 3 aromatic rings. The first-order chi connectivity index (χ1) is 17.8. The highest BCUT2D eigenvalue weighted by atomic mass is 16.3. The molecule has 2 aromatic carbocycles. The van der Waals surface area contributed by atoms with Crippen molar-refractivity contribution < 1.29 is 9.90 Å². The third-order valence-electron chi connectivity index (χ3n) is 8.83. The number of aromatic nitrogens is 2. The van der Waals surface area contributed by atoms with Gasteiger partial charge in [-0.1, -0.05) is 42.5 Å². The molecule has 2 N–H and O–H groups in total. The summed E-state index contributed by atoms with van der Waals surface area (Å²) < 4.78 is 0. The van der Waals surface area contributed by atoms with Crippen molar-refractivity contribution in [3.05, 3.63) is 72.1 Å². The van der Waals surface area contributed by atoms with E-state index in [0.29, 0.717) is 18.8 Å². The van der Waals surface area contributed by atoms with Crippen molar-refractivity contribution in [1.82, 2.24) is 20.2 Å². The van der Waals surface area contributed by atoms with Gasteiger partial charge in [0.25, 0.3) is 0 Å². The molecule has 1 unspecified atom stereocenters. The number of rotatable bonds is 4. The van der Waals surface area contributed by atoms with Gasteiger partial charge in [0, 0.05) is 35.9 Å². The molecule has 37 heavy (non-hydrogen) atoms. The van der Waals surface area contributed by atoms with Gasteiger partial charge in [-0.05, 0) is 57.0 Å². The van der Waals surface area contributed by atoms with E-state index in [2.05, 4.69) is 64.6 Å². The molecule has 1 spiro atoms. The van der Waals surface area contributed by atoms with Gasteiger partial charge in [-0.2, -0.15) is 0 Å². The number of nitrogens with one attached hydrogen (secondary N) is 1. The molecular weight excluding hydrogens is 464 g/mol. The van der Waals surface area contributed by atoms with Gasteiger partial charge in [-0.3, -0.25) is 15.0 Å². The maximum absolute atomic E-state index is 12.2. The molecule has 1 saturated carbocycles. The SMILES string of the molecule is CN1C(=O)Cc2c(-c3ncc(N4C[C@]5(CC[C@](c6ccccc6)(N(C)C)CC5)NC4O)cn3)cccc21. The summed E-state index contributed by atoms with van der Waals surface area (Å²) in [4.78, 5) is 27.5. The number of aliphatic hydroxyl groups excluding tert-OH is 1. The fraction of sp³-hybridized carbons (Fsp3) is 0.414. The molecule has 1 saturated heterocycles. The van der Waals surface area contributed by atoms with E-state index < -0.39 is 6.35 Å². The fourth-order valence-electron chi connectivity index (χ4n) is 6.53. The number of anilines is 2. The number of amides is 1. The van der Waals surface area contributed by atoms with Crippen LogP contribution in [0.1, 0.15) is 36.8 Å². The van der Waals surface area contributed by atoms with Gasteiger partial charge < -0.3 is 14.9 Å². The molecule has 1 amide bonds. The summed E-state index contributed by atoms with van der Waals surface area (Å²) in [6.45, 7) is 0.704. The van der Waals surface area contributed by atoms with Gasteiger partial charge in [0.05, 0.1) is 24.5 Å². The van der Waals surface area contributed by atoms with E-state index in [1.807, 2.05) is 23.1 Å². The molecule has 8 nitrogen and oxygen atoms in total. The van der Waals surface area contributed by atoms with Crippen molar-refractivity contribution in [3.63, 3.8) is 0 Å². The van der Waals surface area contributed by atoms with Gasteiger partial charge in [-0.25, -0.2) is 9.97 Å². The molecule has 0 radical (unpaired) electrons. The van der Waals surface area contributed by atoms with E-state index in [1.54, 1.807) is 24.3 Å². The van der Waals surface area contributed by atoms with Crippen molar-refractivity contribution in [2.75, 3.05) is 37.5 Å². The second-order valence-corrected chi connectivity index (χ2v) is 10.9. The molecule has 8 heteroatoms. The Morgan fingerprint density at radius 1 is 1.00 bits per heavy atom. The van der Waals surface area contributed by atoms with E-state index in [0.717, 1.165) is 48.2 Å². The summed E-state index contributed by atoms with van der Waals surface area (Å²) in [6, 6.07) is 16.6. The first kappa shape index (κ1) is 24.0. The van der Waals surface area contributed by atoms with Crippen molar-refractivity contribution in [1.29, 1.82) is 0 Å². The van der Waals surface area contributed by atoms with Crippen molar-refractivity contribution in [3.8, 4) is 11.4 Å². The topological polar surface area (TPSA) is 84.8 Å². The second-order valence-electron chi connectivity index (χ2n) is 10.9. The Kier molecular flexibility index (Phi) is 5.78. The summed E-state index contributed by atoms with van der Waals surface area (Å²) in [6.07, 6.45) is 7.09. The molecule has 192 valence electrons.